The summed E-state index contributed by atoms with van der Waals surface area (Å²) in [6.45, 7) is 0. The summed E-state index contributed by atoms with van der Waals surface area (Å²) in [6, 6.07) is 14.3. The Kier molecular flexibility index (Phi) is 2.76. The molecule has 4 nitrogen and oxygen atoms in total. The number of rotatable bonds is 3. The summed E-state index contributed by atoms with van der Waals surface area (Å²) in [7, 11) is 0. The second-order valence-corrected chi connectivity index (χ2v) is 4.25. The molecule has 1 heterocycles. The third-order valence-corrected chi connectivity index (χ3v) is 2.89. The molecule has 1 aromatic heterocycles. The van der Waals surface area contributed by atoms with Crippen molar-refractivity contribution in [3.05, 3.63) is 65.5 Å². The van der Waals surface area contributed by atoms with E-state index >= 15 is 0 Å². The molecule has 4 heteroatoms. The zero-order valence-corrected chi connectivity index (χ0v) is 10.0. The Hall–Kier alpha value is -2.62. The van der Waals surface area contributed by atoms with E-state index in [0.29, 0.717) is 12.3 Å². The molecule has 0 radical (unpaired) electrons. The number of carboxylic acids is 1. The fourth-order valence-electron chi connectivity index (χ4n) is 1.94. The van der Waals surface area contributed by atoms with Gasteiger partial charge in [-0.3, -0.25) is 0 Å². The number of hydrogen-bond donors (Lipinski definition) is 1. The van der Waals surface area contributed by atoms with Crippen molar-refractivity contribution in [1.82, 2.24) is 4.98 Å². The van der Waals surface area contributed by atoms with E-state index in [9.17, 15) is 4.79 Å². The van der Waals surface area contributed by atoms with Gasteiger partial charge in [0.1, 0.15) is 5.52 Å². The molecule has 0 aliphatic heterocycles. The average molecular weight is 253 g/mol. The molecule has 2 aromatic carbocycles. The summed E-state index contributed by atoms with van der Waals surface area (Å²) in [5.74, 6) is -0.294. The maximum absolute atomic E-state index is 10.8. The lowest BCUT2D eigenvalue weighted by Crippen LogP contribution is -1.96. The van der Waals surface area contributed by atoms with Crippen molar-refractivity contribution in [3.8, 4) is 0 Å². The lowest BCUT2D eigenvalue weighted by atomic mass is 10.1. The first-order valence-electron chi connectivity index (χ1n) is 5.89. The van der Waals surface area contributed by atoms with Crippen molar-refractivity contribution in [2.45, 2.75) is 6.42 Å². The minimum atomic E-state index is -0.923. The van der Waals surface area contributed by atoms with E-state index in [4.69, 9.17) is 9.52 Å². The quantitative estimate of drug-likeness (QED) is 0.779. The van der Waals surface area contributed by atoms with E-state index in [0.717, 1.165) is 16.7 Å². The van der Waals surface area contributed by atoms with Gasteiger partial charge in [-0.25, -0.2) is 9.78 Å². The molecular formula is C15H11NO3. The molecule has 1 N–H and O–H groups in total. The van der Waals surface area contributed by atoms with E-state index in [-0.39, 0.29) is 5.56 Å². The highest BCUT2D eigenvalue weighted by Gasteiger charge is 2.07. The maximum Gasteiger partial charge on any atom is 0.335 e. The van der Waals surface area contributed by atoms with Crippen molar-refractivity contribution in [2.24, 2.45) is 0 Å². The van der Waals surface area contributed by atoms with Gasteiger partial charge in [0.05, 0.1) is 5.56 Å². The fourth-order valence-corrected chi connectivity index (χ4v) is 1.94. The number of oxazole rings is 1. The molecule has 3 aromatic rings. The van der Waals surface area contributed by atoms with Gasteiger partial charge in [0.15, 0.2) is 11.5 Å². The highest BCUT2D eigenvalue weighted by atomic mass is 16.4. The van der Waals surface area contributed by atoms with Gasteiger partial charge in [-0.1, -0.05) is 24.3 Å². The number of benzene rings is 2. The fraction of sp³-hybridized carbons (Fsp3) is 0.0667. The minimum Gasteiger partial charge on any atom is -0.478 e. The number of carbonyl (C=O) groups is 1. The predicted molar refractivity (Wildman–Crippen MR) is 70.2 cm³/mol. The van der Waals surface area contributed by atoms with E-state index < -0.39 is 5.97 Å². The van der Waals surface area contributed by atoms with Gasteiger partial charge in [0.25, 0.3) is 0 Å². The number of aromatic nitrogens is 1. The first-order valence-corrected chi connectivity index (χ1v) is 5.89. The number of para-hydroxylation sites is 2. The molecule has 0 saturated carbocycles. The summed E-state index contributed by atoms with van der Waals surface area (Å²) in [4.78, 5) is 15.1. The average Bonchev–Trinajstić information content (AvgIpc) is 2.81. The van der Waals surface area contributed by atoms with Gasteiger partial charge in [0, 0.05) is 6.42 Å². The molecule has 0 aliphatic carbocycles. The molecule has 3 rings (SSSR count). The lowest BCUT2D eigenvalue weighted by molar-refractivity contribution is 0.0697. The molecule has 0 saturated heterocycles. The molecule has 0 fully saturated rings. The second kappa shape index (κ2) is 4.57. The van der Waals surface area contributed by atoms with Crippen molar-refractivity contribution in [2.75, 3.05) is 0 Å². The number of carboxylic acid groups (broad SMARTS) is 1. The van der Waals surface area contributed by atoms with Crippen LogP contribution in [0, 0.1) is 0 Å². The number of aromatic carboxylic acids is 1. The van der Waals surface area contributed by atoms with Gasteiger partial charge in [-0.15, -0.1) is 0 Å². The van der Waals surface area contributed by atoms with Gasteiger partial charge in [0.2, 0.25) is 0 Å². The highest BCUT2D eigenvalue weighted by Crippen LogP contribution is 2.17. The minimum absolute atomic E-state index is 0.279. The summed E-state index contributed by atoms with van der Waals surface area (Å²) < 4.78 is 5.62. The van der Waals surface area contributed by atoms with Crippen LogP contribution in [-0.2, 0) is 6.42 Å². The standard InChI is InChI=1S/C15H11NO3/c17-15(18)11-7-5-10(6-8-11)9-14-16-12-3-1-2-4-13(12)19-14/h1-8H,9H2,(H,17,18). The van der Waals surface area contributed by atoms with Gasteiger partial charge in [-0.05, 0) is 29.8 Å². The normalized spacial score (nSPS) is 10.7. The van der Waals surface area contributed by atoms with Crippen LogP contribution >= 0.6 is 0 Å². The smallest absolute Gasteiger partial charge is 0.335 e. The number of fused-ring (bicyclic) bond motifs is 1. The van der Waals surface area contributed by atoms with E-state index in [1.807, 2.05) is 24.3 Å². The second-order valence-electron chi connectivity index (χ2n) is 4.25. The molecule has 0 amide bonds. The van der Waals surface area contributed by atoms with E-state index in [2.05, 4.69) is 4.98 Å². The van der Waals surface area contributed by atoms with Gasteiger partial charge in [-0.2, -0.15) is 0 Å². The first-order chi connectivity index (χ1) is 9.22. The molecule has 0 aliphatic rings. The molecule has 0 bridgehead atoms. The van der Waals surface area contributed by atoms with Crippen LogP contribution in [0.3, 0.4) is 0 Å². The Morgan fingerprint density at radius 2 is 1.84 bits per heavy atom. The topological polar surface area (TPSA) is 63.3 Å². The van der Waals surface area contributed by atoms with E-state index in [1.54, 1.807) is 24.3 Å². The first kappa shape index (κ1) is 11.5. The summed E-state index contributed by atoms with van der Waals surface area (Å²) >= 11 is 0. The summed E-state index contributed by atoms with van der Waals surface area (Å²) in [5, 5.41) is 8.83. The van der Waals surface area contributed by atoms with Crippen LogP contribution in [0.4, 0.5) is 0 Å². The van der Waals surface area contributed by atoms with Gasteiger partial charge < -0.3 is 9.52 Å². The van der Waals surface area contributed by atoms with Crippen molar-refractivity contribution in [3.63, 3.8) is 0 Å². The van der Waals surface area contributed by atoms with Crippen LogP contribution in [0.25, 0.3) is 11.1 Å². The molecule has 19 heavy (non-hydrogen) atoms. The van der Waals surface area contributed by atoms with E-state index in [1.165, 1.54) is 0 Å². The monoisotopic (exact) mass is 253 g/mol. The van der Waals surface area contributed by atoms with Crippen LogP contribution < -0.4 is 0 Å². The molecular weight excluding hydrogens is 242 g/mol. The molecule has 0 atom stereocenters. The van der Waals surface area contributed by atoms with Crippen LogP contribution in [0.15, 0.2) is 52.9 Å². The Morgan fingerprint density at radius 1 is 1.11 bits per heavy atom. The van der Waals surface area contributed by atoms with Crippen LogP contribution in [0.2, 0.25) is 0 Å². The van der Waals surface area contributed by atoms with Crippen molar-refractivity contribution >= 4 is 17.1 Å². The largest absolute Gasteiger partial charge is 0.478 e. The highest BCUT2D eigenvalue weighted by molar-refractivity contribution is 5.87. The van der Waals surface area contributed by atoms with Crippen LogP contribution in [0.5, 0.6) is 0 Å². The Labute approximate surface area is 109 Å². The molecule has 0 unspecified atom stereocenters. The van der Waals surface area contributed by atoms with Crippen LogP contribution in [-0.4, -0.2) is 16.1 Å². The summed E-state index contributed by atoms with van der Waals surface area (Å²) in [5.41, 5.74) is 2.84. The van der Waals surface area contributed by atoms with Crippen molar-refractivity contribution in [1.29, 1.82) is 0 Å². The van der Waals surface area contributed by atoms with Gasteiger partial charge >= 0.3 is 5.97 Å². The SMILES string of the molecule is O=C(O)c1ccc(Cc2nc3ccccc3o2)cc1. The van der Waals surface area contributed by atoms with Crippen molar-refractivity contribution < 1.29 is 14.3 Å². The van der Waals surface area contributed by atoms with Crippen LogP contribution in [0.1, 0.15) is 21.8 Å². The Morgan fingerprint density at radius 3 is 2.53 bits per heavy atom. The Bertz CT molecular complexity index is 695. The number of nitrogens with zero attached hydrogens (tertiary/aromatic N) is 1. The summed E-state index contributed by atoms with van der Waals surface area (Å²) in [6.07, 6.45) is 0.550. The zero-order chi connectivity index (χ0) is 13.2. The maximum atomic E-state index is 10.8. The third-order valence-electron chi connectivity index (χ3n) is 2.89. The molecule has 94 valence electrons. The third kappa shape index (κ3) is 2.33. The lowest BCUT2D eigenvalue weighted by Gasteiger charge is -1.98. The zero-order valence-electron chi connectivity index (χ0n) is 10.0. The predicted octanol–water partition coefficient (Wildman–Crippen LogP) is 3.12. The number of hydrogen-bond acceptors (Lipinski definition) is 3. The Balaban J connectivity index is 1.86. The molecule has 0 spiro atoms.